The Morgan fingerprint density at radius 1 is 1.52 bits per heavy atom. The molecule has 0 aliphatic heterocycles. The molecule has 1 aromatic heterocycles. The van der Waals surface area contributed by atoms with Gasteiger partial charge in [-0.2, -0.15) is 0 Å². The summed E-state index contributed by atoms with van der Waals surface area (Å²) >= 11 is 0. The molecule has 0 atom stereocenters. The highest BCUT2D eigenvalue weighted by Gasteiger charge is 2.20. The molecule has 9 nitrogen and oxygen atoms in total. The van der Waals surface area contributed by atoms with E-state index in [4.69, 9.17) is 14.6 Å². The molecule has 0 spiro atoms. The van der Waals surface area contributed by atoms with Crippen molar-refractivity contribution in [2.45, 2.75) is 6.92 Å². The number of rotatable bonds is 6. The third-order valence-electron chi connectivity index (χ3n) is 2.31. The van der Waals surface area contributed by atoms with E-state index in [9.17, 15) is 19.7 Å². The van der Waals surface area contributed by atoms with Crippen molar-refractivity contribution in [1.29, 1.82) is 0 Å². The number of nitro groups is 1. The van der Waals surface area contributed by atoms with Crippen molar-refractivity contribution in [1.82, 2.24) is 4.98 Å². The topological polar surface area (TPSA) is 129 Å². The van der Waals surface area contributed by atoms with E-state index < -0.39 is 22.5 Å². The number of carbonyl (C=O) groups is 2. The molecule has 0 unspecified atom stereocenters. The predicted octanol–water partition coefficient (Wildman–Crippen LogP) is 1.24. The molecule has 0 fully saturated rings. The van der Waals surface area contributed by atoms with Crippen LogP contribution >= 0.6 is 0 Å². The molecule has 112 valence electrons. The molecule has 0 aliphatic rings. The number of hydrogen-bond donors (Lipinski definition) is 1. The Hall–Kier alpha value is -2.97. The molecule has 0 bridgehead atoms. The van der Waals surface area contributed by atoms with Crippen LogP contribution in [0.2, 0.25) is 0 Å². The Balaban J connectivity index is 3.31. The molecular formula is C12H12N2O7. The Kier molecular flexibility index (Phi) is 5.35. The van der Waals surface area contributed by atoms with E-state index in [0.29, 0.717) is 0 Å². The fraction of sp³-hybridized carbons (Fsp3) is 0.250. The van der Waals surface area contributed by atoms with Crippen LogP contribution in [-0.4, -0.2) is 40.7 Å². The normalized spacial score (nSPS) is 10.9. The number of aromatic nitrogens is 1. The number of carboxylic acids is 1. The number of hydrogen-bond acceptors (Lipinski definition) is 7. The third kappa shape index (κ3) is 4.00. The summed E-state index contributed by atoms with van der Waals surface area (Å²) in [5.41, 5.74) is -1.11. The lowest BCUT2D eigenvalue weighted by molar-refractivity contribution is -0.385. The van der Waals surface area contributed by atoms with Gasteiger partial charge in [0.2, 0.25) is 5.76 Å². The second-order valence-electron chi connectivity index (χ2n) is 3.62. The van der Waals surface area contributed by atoms with Crippen LogP contribution in [0.5, 0.6) is 0 Å². The monoisotopic (exact) mass is 296 g/mol. The minimum Gasteiger partial charge on any atom is -0.490 e. The fourth-order valence-electron chi connectivity index (χ4n) is 1.37. The Morgan fingerprint density at radius 2 is 2.19 bits per heavy atom. The fourth-order valence-corrected chi connectivity index (χ4v) is 1.37. The van der Waals surface area contributed by atoms with Crippen LogP contribution in [0.15, 0.2) is 18.0 Å². The van der Waals surface area contributed by atoms with Crippen LogP contribution in [0.1, 0.15) is 23.0 Å². The lowest BCUT2D eigenvalue weighted by atomic mass is 10.2. The maximum absolute atomic E-state index is 11.5. The minimum atomic E-state index is -1.35. The lowest BCUT2D eigenvalue weighted by Gasteiger charge is -2.05. The zero-order chi connectivity index (χ0) is 16.0. The molecule has 0 saturated carbocycles. The van der Waals surface area contributed by atoms with E-state index >= 15 is 0 Å². The molecule has 21 heavy (non-hydrogen) atoms. The molecule has 1 rings (SSSR count). The molecule has 1 aromatic rings. The van der Waals surface area contributed by atoms with Crippen LogP contribution in [-0.2, 0) is 14.3 Å². The van der Waals surface area contributed by atoms with Gasteiger partial charge in [-0.05, 0) is 6.92 Å². The van der Waals surface area contributed by atoms with E-state index in [2.05, 4.69) is 4.98 Å². The molecule has 0 radical (unpaired) electrons. The first kappa shape index (κ1) is 16.1. The Bertz CT molecular complexity index is 610. The summed E-state index contributed by atoms with van der Waals surface area (Å²) in [6, 6.07) is 0.847. The molecule has 9 heteroatoms. The van der Waals surface area contributed by atoms with Gasteiger partial charge < -0.3 is 14.6 Å². The molecule has 0 aromatic carbocycles. The van der Waals surface area contributed by atoms with Gasteiger partial charge in [-0.25, -0.2) is 14.6 Å². The SMILES string of the molecule is CCOC(=O)C(=Cc1ncc(C(=O)O)cc1[N+](=O)[O-])OC. The van der Waals surface area contributed by atoms with Crippen molar-refractivity contribution in [3.8, 4) is 0 Å². The van der Waals surface area contributed by atoms with Gasteiger partial charge >= 0.3 is 11.9 Å². The van der Waals surface area contributed by atoms with E-state index in [0.717, 1.165) is 18.3 Å². The number of esters is 1. The maximum atomic E-state index is 11.5. The molecule has 0 aliphatic carbocycles. The van der Waals surface area contributed by atoms with Gasteiger partial charge in [-0.15, -0.1) is 0 Å². The van der Waals surface area contributed by atoms with Crippen molar-refractivity contribution in [2.75, 3.05) is 13.7 Å². The highest BCUT2D eigenvalue weighted by atomic mass is 16.6. The first-order chi connectivity index (χ1) is 9.90. The van der Waals surface area contributed by atoms with Gasteiger partial charge in [0.25, 0.3) is 5.69 Å². The van der Waals surface area contributed by atoms with Crippen molar-refractivity contribution in [3.05, 3.63) is 39.4 Å². The van der Waals surface area contributed by atoms with Gasteiger partial charge in [-0.3, -0.25) is 10.1 Å². The molecule has 0 saturated heterocycles. The standard InChI is InChI=1S/C12H12N2O7/c1-3-21-12(17)10(20-2)5-8-9(14(18)19)4-7(6-13-8)11(15)16/h4-6H,3H2,1-2H3,(H,15,16). The van der Waals surface area contributed by atoms with Crippen molar-refractivity contribution >= 4 is 23.7 Å². The van der Waals surface area contributed by atoms with Crippen molar-refractivity contribution in [3.63, 3.8) is 0 Å². The smallest absolute Gasteiger partial charge is 0.373 e. The highest BCUT2D eigenvalue weighted by Crippen LogP contribution is 2.21. The van der Waals surface area contributed by atoms with E-state index in [1.54, 1.807) is 6.92 Å². The van der Waals surface area contributed by atoms with E-state index in [1.165, 1.54) is 7.11 Å². The van der Waals surface area contributed by atoms with Crippen LogP contribution in [0, 0.1) is 10.1 Å². The maximum Gasteiger partial charge on any atom is 0.373 e. The number of methoxy groups -OCH3 is 1. The molecule has 1 N–H and O–H groups in total. The first-order valence-corrected chi connectivity index (χ1v) is 5.71. The second kappa shape index (κ2) is 6.98. The van der Waals surface area contributed by atoms with Gasteiger partial charge in [0, 0.05) is 18.3 Å². The number of carbonyl (C=O) groups excluding carboxylic acids is 1. The quantitative estimate of drug-likeness (QED) is 0.273. The van der Waals surface area contributed by atoms with Gasteiger partial charge in [0.05, 0.1) is 24.2 Å². The summed E-state index contributed by atoms with van der Waals surface area (Å²) in [5, 5.41) is 19.7. The zero-order valence-corrected chi connectivity index (χ0v) is 11.2. The van der Waals surface area contributed by atoms with Crippen LogP contribution < -0.4 is 0 Å². The van der Waals surface area contributed by atoms with E-state index in [1.807, 2.05) is 0 Å². The first-order valence-electron chi connectivity index (χ1n) is 5.71. The molecule has 1 heterocycles. The molecular weight excluding hydrogens is 284 g/mol. The Morgan fingerprint density at radius 3 is 2.67 bits per heavy atom. The zero-order valence-electron chi connectivity index (χ0n) is 11.2. The van der Waals surface area contributed by atoms with Gasteiger partial charge in [-0.1, -0.05) is 0 Å². The third-order valence-corrected chi connectivity index (χ3v) is 2.31. The summed E-state index contributed by atoms with van der Waals surface area (Å²) in [6.45, 7) is 1.69. The Labute approximate surface area is 119 Å². The largest absolute Gasteiger partial charge is 0.490 e. The summed E-state index contributed by atoms with van der Waals surface area (Å²) in [7, 11) is 1.19. The van der Waals surface area contributed by atoms with Gasteiger partial charge in [0.15, 0.2) is 0 Å². The second-order valence-corrected chi connectivity index (χ2v) is 3.62. The van der Waals surface area contributed by atoms with Crippen LogP contribution in [0.25, 0.3) is 6.08 Å². The number of aromatic carboxylic acids is 1. The number of pyridine rings is 1. The van der Waals surface area contributed by atoms with Crippen molar-refractivity contribution < 1.29 is 29.1 Å². The van der Waals surface area contributed by atoms with Crippen LogP contribution in [0.3, 0.4) is 0 Å². The average Bonchev–Trinajstić information content (AvgIpc) is 2.44. The average molecular weight is 296 g/mol. The van der Waals surface area contributed by atoms with Crippen LogP contribution in [0.4, 0.5) is 5.69 Å². The lowest BCUT2D eigenvalue weighted by Crippen LogP contribution is -2.10. The number of ether oxygens (including phenoxy) is 2. The van der Waals surface area contributed by atoms with Crippen molar-refractivity contribution in [2.24, 2.45) is 0 Å². The summed E-state index contributed by atoms with van der Waals surface area (Å²) in [6.07, 6.45) is 1.96. The van der Waals surface area contributed by atoms with Gasteiger partial charge in [0.1, 0.15) is 5.69 Å². The van der Waals surface area contributed by atoms with E-state index in [-0.39, 0.29) is 23.6 Å². The summed E-state index contributed by atoms with van der Waals surface area (Å²) in [4.78, 5) is 36.1. The highest BCUT2D eigenvalue weighted by molar-refractivity contribution is 5.92. The summed E-state index contributed by atoms with van der Waals surface area (Å²) in [5.74, 6) is -2.44. The number of nitrogens with zero attached hydrogens (tertiary/aromatic N) is 2. The predicted molar refractivity (Wildman–Crippen MR) is 69.5 cm³/mol. The summed E-state index contributed by atoms with van der Waals surface area (Å²) < 4.78 is 9.49. The molecule has 0 amide bonds. The minimum absolute atomic E-state index is 0.104. The number of carboxylic acid groups (broad SMARTS) is 1.